The number of nitrogens with one attached hydrogen (secondary N) is 1. The molecular formula is C22H26N4O5S. The number of para-hydroxylation sites is 2. The van der Waals surface area contributed by atoms with Crippen LogP contribution in [0.25, 0.3) is 0 Å². The van der Waals surface area contributed by atoms with Gasteiger partial charge in [-0.25, -0.2) is 8.42 Å². The largest absolute Gasteiger partial charge is 0.319 e. The molecule has 2 aliphatic rings. The number of hydrogen-bond acceptors (Lipinski definition) is 6. The number of carbonyl (C=O) groups excluding carboxylic acids is 1. The molecule has 9 nitrogen and oxygen atoms in total. The number of nitro groups is 1. The van der Waals surface area contributed by atoms with Crippen molar-refractivity contribution < 1.29 is 18.1 Å². The summed E-state index contributed by atoms with van der Waals surface area (Å²) >= 11 is 0. The zero-order valence-corrected chi connectivity index (χ0v) is 18.5. The lowest BCUT2D eigenvalue weighted by atomic mass is 9.92. The summed E-state index contributed by atoms with van der Waals surface area (Å²) in [6.07, 6.45) is 4.15. The number of rotatable bonds is 6. The third-order valence-corrected chi connectivity index (χ3v) is 7.93. The smallest absolute Gasteiger partial charge is 0.292 e. The number of aryl methyl sites for hydroxylation is 2. The third kappa shape index (κ3) is 4.82. The third-order valence-electron chi connectivity index (χ3n) is 6.03. The SMILES string of the molecule is O=C(CN1CCN(S(=O)(=O)c2ccc3c(c2)CCCC3)CC1)Nc1ccccc1[N+](=O)[O-]. The van der Waals surface area contributed by atoms with Gasteiger partial charge < -0.3 is 5.32 Å². The molecule has 1 aliphatic carbocycles. The van der Waals surface area contributed by atoms with Crippen LogP contribution in [-0.2, 0) is 27.7 Å². The van der Waals surface area contributed by atoms with E-state index in [1.807, 2.05) is 17.0 Å². The highest BCUT2D eigenvalue weighted by atomic mass is 32.2. The standard InChI is InChI=1S/C22H26N4O5S/c27-22(23-20-7-3-4-8-21(20)26(28)29)16-24-11-13-25(14-12-24)32(30,31)19-10-9-17-5-1-2-6-18(17)15-19/h3-4,7-10,15H,1-2,5-6,11-14,16H2,(H,23,27). The van der Waals surface area contributed by atoms with Crippen LogP contribution in [0.1, 0.15) is 24.0 Å². The summed E-state index contributed by atoms with van der Waals surface area (Å²) in [4.78, 5) is 25.1. The maximum absolute atomic E-state index is 13.1. The normalized spacial score (nSPS) is 17.5. The maximum Gasteiger partial charge on any atom is 0.292 e. The predicted octanol–water partition coefficient (Wildman–Crippen LogP) is 2.42. The highest BCUT2D eigenvalue weighted by molar-refractivity contribution is 7.89. The van der Waals surface area contributed by atoms with Gasteiger partial charge in [0.05, 0.1) is 16.4 Å². The molecule has 1 aliphatic heterocycles. The van der Waals surface area contributed by atoms with Crippen molar-refractivity contribution in [2.75, 3.05) is 38.0 Å². The molecule has 1 N–H and O–H groups in total. The average Bonchev–Trinajstić information content (AvgIpc) is 2.79. The van der Waals surface area contributed by atoms with Crippen LogP contribution in [-0.4, -0.2) is 61.2 Å². The Balaban J connectivity index is 1.35. The van der Waals surface area contributed by atoms with Crippen molar-refractivity contribution in [2.24, 2.45) is 0 Å². The molecule has 0 spiro atoms. The Morgan fingerprint density at radius 3 is 2.41 bits per heavy atom. The molecule has 0 radical (unpaired) electrons. The molecule has 2 aromatic rings. The van der Waals surface area contributed by atoms with E-state index in [9.17, 15) is 23.3 Å². The highest BCUT2D eigenvalue weighted by Gasteiger charge is 2.30. The molecule has 0 aromatic heterocycles. The number of carbonyl (C=O) groups is 1. The van der Waals surface area contributed by atoms with E-state index in [1.165, 1.54) is 28.1 Å². The molecule has 32 heavy (non-hydrogen) atoms. The minimum Gasteiger partial charge on any atom is -0.319 e. The number of nitrogens with zero attached hydrogens (tertiary/aromatic N) is 3. The lowest BCUT2D eigenvalue weighted by Crippen LogP contribution is -2.50. The van der Waals surface area contributed by atoms with E-state index < -0.39 is 14.9 Å². The summed E-state index contributed by atoms with van der Waals surface area (Å²) < 4.78 is 27.7. The first kappa shape index (κ1) is 22.4. The van der Waals surface area contributed by atoms with E-state index >= 15 is 0 Å². The number of benzene rings is 2. The first-order chi connectivity index (χ1) is 15.3. The van der Waals surface area contributed by atoms with Gasteiger partial charge in [-0.2, -0.15) is 4.31 Å². The minimum atomic E-state index is -3.58. The quantitative estimate of drug-likeness (QED) is 0.525. The monoisotopic (exact) mass is 458 g/mol. The van der Waals surface area contributed by atoms with Crippen LogP contribution in [0, 0.1) is 10.1 Å². The molecule has 1 saturated heterocycles. The van der Waals surface area contributed by atoms with Gasteiger partial charge in [0.1, 0.15) is 5.69 Å². The second-order valence-electron chi connectivity index (χ2n) is 8.14. The summed E-state index contributed by atoms with van der Waals surface area (Å²) in [6.45, 7) is 1.44. The van der Waals surface area contributed by atoms with Gasteiger partial charge in [-0.1, -0.05) is 18.2 Å². The van der Waals surface area contributed by atoms with Crippen molar-refractivity contribution in [3.63, 3.8) is 0 Å². The zero-order valence-electron chi connectivity index (χ0n) is 17.7. The number of amides is 1. The Morgan fingerprint density at radius 2 is 1.69 bits per heavy atom. The predicted molar refractivity (Wildman–Crippen MR) is 120 cm³/mol. The van der Waals surface area contributed by atoms with E-state index in [4.69, 9.17) is 0 Å². The van der Waals surface area contributed by atoms with Gasteiger partial charge in [0.25, 0.3) is 5.69 Å². The summed E-state index contributed by atoms with van der Waals surface area (Å²) in [5.41, 5.74) is 2.35. The van der Waals surface area contributed by atoms with Gasteiger partial charge >= 0.3 is 0 Å². The van der Waals surface area contributed by atoms with Gasteiger partial charge in [-0.05, 0) is 55.0 Å². The van der Waals surface area contributed by atoms with E-state index in [0.717, 1.165) is 31.2 Å². The Kier molecular flexibility index (Phi) is 6.54. The van der Waals surface area contributed by atoms with E-state index in [1.54, 1.807) is 12.1 Å². The van der Waals surface area contributed by atoms with E-state index in [-0.39, 0.29) is 36.9 Å². The minimum absolute atomic E-state index is 0.0405. The van der Waals surface area contributed by atoms with Crippen molar-refractivity contribution in [3.05, 3.63) is 63.7 Å². The van der Waals surface area contributed by atoms with E-state index in [2.05, 4.69) is 5.32 Å². The lowest BCUT2D eigenvalue weighted by molar-refractivity contribution is -0.383. The van der Waals surface area contributed by atoms with Gasteiger partial charge in [0.2, 0.25) is 15.9 Å². The molecule has 0 bridgehead atoms. The zero-order chi connectivity index (χ0) is 22.7. The molecule has 170 valence electrons. The van der Waals surface area contributed by atoms with Crippen LogP contribution in [0.2, 0.25) is 0 Å². The Bertz CT molecular complexity index is 1130. The van der Waals surface area contributed by atoms with Gasteiger partial charge in [-0.15, -0.1) is 0 Å². The summed E-state index contributed by atoms with van der Waals surface area (Å²) in [7, 11) is -3.58. The van der Waals surface area contributed by atoms with E-state index in [0.29, 0.717) is 18.0 Å². The fraction of sp³-hybridized carbons (Fsp3) is 0.409. The van der Waals surface area contributed by atoms with Crippen LogP contribution in [0.15, 0.2) is 47.4 Å². The molecule has 0 atom stereocenters. The first-order valence-corrected chi connectivity index (χ1v) is 12.2. The summed E-state index contributed by atoms with van der Waals surface area (Å²) in [5.74, 6) is -0.370. The van der Waals surface area contributed by atoms with Gasteiger partial charge in [0, 0.05) is 32.2 Å². The summed E-state index contributed by atoms with van der Waals surface area (Å²) in [5, 5.41) is 13.7. The van der Waals surface area contributed by atoms with Crippen molar-refractivity contribution in [1.82, 2.24) is 9.21 Å². The van der Waals surface area contributed by atoms with Gasteiger partial charge in [0.15, 0.2) is 0 Å². The number of sulfonamides is 1. The lowest BCUT2D eigenvalue weighted by Gasteiger charge is -2.33. The van der Waals surface area contributed by atoms with Crippen LogP contribution >= 0.6 is 0 Å². The second-order valence-corrected chi connectivity index (χ2v) is 10.1. The second kappa shape index (κ2) is 9.35. The Morgan fingerprint density at radius 1 is 1.00 bits per heavy atom. The van der Waals surface area contributed by atoms with Crippen molar-refractivity contribution in [1.29, 1.82) is 0 Å². The Hall–Kier alpha value is -2.82. The topological polar surface area (TPSA) is 113 Å². The molecule has 1 fully saturated rings. The molecule has 1 amide bonds. The van der Waals surface area contributed by atoms with Crippen LogP contribution in [0.4, 0.5) is 11.4 Å². The first-order valence-electron chi connectivity index (χ1n) is 10.7. The van der Waals surface area contributed by atoms with Crippen LogP contribution < -0.4 is 5.32 Å². The molecular weight excluding hydrogens is 432 g/mol. The molecule has 0 saturated carbocycles. The van der Waals surface area contributed by atoms with Crippen LogP contribution in [0.5, 0.6) is 0 Å². The number of hydrogen-bond donors (Lipinski definition) is 1. The molecule has 0 unspecified atom stereocenters. The van der Waals surface area contributed by atoms with Crippen molar-refractivity contribution in [2.45, 2.75) is 30.6 Å². The fourth-order valence-corrected chi connectivity index (χ4v) is 5.75. The number of nitro benzene ring substituents is 1. The molecule has 4 rings (SSSR count). The molecule has 1 heterocycles. The number of anilines is 1. The van der Waals surface area contributed by atoms with Crippen molar-refractivity contribution in [3.8, 4) is 0 Å². The van der Waals surface area contributed by atoms with Gasteiger partial charge in [-0.3, -0.25) is 19.8 Å². The number of piperazine rings is 1. The molecule has 2 aromatic carbocycles. The fourth-order valence-electron chi connectivity index (χ4n) is 4.28. The molecule has 10 heteroatoms. The average molecular weight is 459 g/mol. The maximum atomic E-state index is 13.1. The highest BCUT2D eigenvalue weighted by Crippen LogP contribution is 2.26. The van der Waals surface area contributed by atoms with Crippen LogP contribution in [0.3, 0.4) is 0 Å². The summed E-state index contributed by atoms with van der Waals surface area (Å²) in [6, 6.07) is 11.4. The van der Waals surface area contributed by atoms with Crippen molar-refractivity contribution >= 4 is 27.3 Å². The number of fused-ring (bicyclic) bond motifs is 1. The Labute approximate surface area is 187 Å².